The molecule has 152 valence electrons. The Bertz CT molecular complexity index is 1380. The molecule has 0 aliphatic rings. The van der Waals surface area contributed by atoms with E-state index < -0.39 is 16.2 Å². The second-order valence-electron chi connectivity index (χ2n) is 7.38. The van der Waals surface area contributed by atoms with Crippen LogP contribution >= 0.6 is 0 Å². The van der Waals surface area contributed by atoms with Gasteiger partial charge in [-0.05, 0) is 44.8 Å². The third-order valence-electron chi connectivity index (χ3n) is 5.47. The molecular weight excluding hydrogens is 404 g/mol. The SMILES string of the molecule is O=S(=O)(OC(c1cccc2ccccc12)c1cccc2ccccc12)c1ccccc1. The van der Waals surface area contributed by atoms with E-state index in [4.69, 9.17) is 4.18 Å². The van der Waals surface area contributed by atoms with E-state index >= 15 is 0 Å². The van der Waals surface area contributed by atoms with Crippen LogP contribution in [0.2, 0.25) is 0 Å². The molecule has 0 unspecified atom stereocenters. The van der Waals surface area contributed by atoms with Crippen LogP contribution in [0.15, 0.2) is 120 Å². The zero-order chi connectivity index (χ0) is 21.3. The average Bonchev–Trinajstić information content (AvgIpc) is 2.82. The van der Waals surface area contributed by atoms with Gasteiger partial charge in [0.15, 0.2) is 0 Å². The van der Waals surface area contributed by atoms with Crippen LogP contribution in [-0.4, -0.2) is 8.42 Å². The van der Waals surface area contributed by atoms with Crippen molar-refractivity contribution in [1.29, 1.82) is 0 Å². The van der Waals surface area contributed by atoms with Crippen molar-refractivity contribution in [3.63, 3.8) is 0 Å². The maximum absolute atomic E-state index is 13.2. The molecule has 0 radical (unpaired) electrons. The summed E-state index contributed by atoms with van der Waals surface area (Å²) in [5.41, 5.74) is 1.63. The Morgan fingerprint density at radius 3 is 1.52 bits per heavy atom. The summed E-state index contributed by atoms with van der Waals surface area (Å²) < 4.78 is 32.5. The molecule has 0 saturated heterocycles. The van der Waals surface area contributed by atoms with Gasteiger partial charge in [0.05, 0.1) is 4.90 Å². The van der Waals surface area contributed by atoms with E-state index in [1.807, 2.05) is 84.9 Å². The first-order chi connectivity index (χ1) is 15.1. The lowest BCUT2D eigenvalue weighted by molar-refractivity contribution is 0.256. The maximum Gasteiger partial charge on any atom is 0.297 e. The highest BCUT2D eigenvalue weighted by Gasteiger charge is 2.27. The van der Waals surface area contributed by atoms with E-state index in [0.29, 0.717) is 0 Å². The van der Waals surface area contributed by atoms with Gasteiger partial charge in [-0.25, -0.2) is 0 Å². The topological polar surface area (TPSA) is 43.4 Å². The molecule has 0 amide bonds. The Labute approximate surface area is 181 Å². The molecule has 0 bridgehead atoms. The Hall–Kier alpha value is -3.47. The predicted octanol–water partition coefficient (Wildman–Crippen LogP) is 6.49. The minimum Gasteiger partial charge on any atom is -0.253 e. The molecule has 0 fully saturated rings. The summed E-state index contributed by atoms with van der Waals surface area (Å²) in [7, 11) is -3.99. The number of benzene rings is 5. The molecule has 4 heteroatoms. The van der Waals surface area contributed by atoms with E-state index in [9.17, 15) is 8.42 Å². The fourth-order valence-electron chi connectivity index (χ4n) is 4.00. The van der Waals surface area contributed by atoms with Gasteiger partial charge in [0.25, 0.3) is 10.1 Å². The van der Waals surface area contributed by atoms with Crippen LogP contribution < -0.4 is 0 Å². The number of fused-ring (bicyclic) bond motifs is 2. The molecule has 0 aromatic heterocycles. The summed E-state index contributed by atoms with van der Waals surface area (Å²) in [6.45, 7) is 0. The van der Waals surface area contributed by atoms with Crippen LogP contribution in [-0.2, 0) is 14.3 Å². The van der Waals surface area contributed by atoms with Gasteiger partial charge in [-0.3, -0.25) is 4.18 Å². The summed E-state index contributed by atoms with van der Waals surface area (Å²) in [6, 6.07) is 36.0. The summed E-state index contributed by atoms with van der Waals surface area (Å²) in [5, 5.41) is 3.99. The van der Waals surface area contributed by atoms with Crippen LogP contribution in [0.25, 0.3) is 21.5 Å². The smallest absolute Gasteiger partial charge is 0.253 e. The minimum absolute atomic E-state index is 0.139. The van der Waals surface area contributed by atoms with Gasteiger partial charge in [0.1, 0.15) is 6.10 Å². The van der Waals surface area contributed by atoms with Crippen molar-refractivity contribution < 1.29 is 12.6 Å². The van der Waals surface area contributed by atoms with Crippen LogP contribution in [0, 0.1) is 0 Å². The second kappa shape index (κ2) is 7.99. The summed E-state index contributed by atoms with van der Waals surface area (Å²) in [5.74, 6) is 0. The molecule has 5 rings (SSSR count). The van der Waals surface area contributed by atoms with Crippen molar-refractivity contribution in [2.24, 2.45) is 0 Å². The molecule has 0 spiro atoms. The first-order valence-corrected chi connectivity index (χ1v) is 11.5. The zero-order valence-electron chi connectivity index (χ0n) is 16.7. The normalized spacial score (nSPS) is 11.9. The highest BCUT2D eigenvalue weighted by atomic mass is 32.2. The van der Waals surface area contributed by atoms with Gasteiger partial charge >= 0.3 is 0 Å². The van der Waals surface area contributed by atoms with Crippen LogP contribution in [0.5, 0.6) is 0 Å². The predicted molar refractivity (Wildman–Crippen MR) is 124 cm³/mol. The van der Waals surface area contributed by atoms with Crippen molar-refractivity contribution in [2.45, 2.75) is 11.0 Å². The van der Waals surface area contributed by atoms with E-state index in [1.54, 1.807) is 30.3 Å². The van der Waals surface area contributed by atoms with Crippen LogP contribution in [0.3, 0.4) is 0 Å². The fourth-order valence-corrected chi connectivity index (χ4v) is 5.06. The molecule has 3 nitrogen and oxygen atoms in total. The van der Waals surface area contributed by atoms with Crippen molar-refractivity contribution in [2.75, 3.05) is 0 Å². The van der Waals surface area contributed by atoms with E-state index in [2.05, 4.69) is 0 Å². The molecular formula is C27H20O3S. The number of hydrogen-bond donors (Lipinski definition) is 0. The maximum atomic E-state index is 13.2. The van der Waals surface area contributed by atoms with E-state index in [1.165, 1.54) is 0 Å². The molecule has 0 aliphatic heterocycles. The van der Waals surface area contributed by atoms with Crippen molar-refractivity contribution in [3.8, 4) is 0 Å². The quantitative estimate of drug-likeness (QED) is 0.303. The largest absolute Gasteiger partial charge is 0.297 e. The molecule has 0 aliphatic carbocycles. The molecule has 0 heterocycles. The Kier molecular flexibility index (Phi) is 5.02. The van der Waals surface area contributed by atoms with Gasteiger partial charge in [0, 0.05) is 0 Å². The van der Waals surface area contributed by atoms with Crippen LogP contribution in [0.1, 0.15) is 17.2 Å². The van der Waals surface area contributed by atoms with E-state index in [-0.39, 0.29) is 4.90 Å². The van der Waals surface area contributed by atoms with E-state index in [0.717, 1.165) is 32.7 Å². The number of rotatable bonds is 5. The lowest BCUT2D eigenvalue weighted by Crippen LogP contribution is -2.14. The summed E-state index contributed by atoms with van der Waals surface area (Å²) in [6.07, 6.45) is -0.789. The third-order valence-corrected chi connectivity index (χ3v) is 6.76. The zero-order valence-corrected chi connectivity index (χ0v) is 17.5. The molecule has 5 aromatic carbocycles. The standard InChI is InChI=1S/C27H20O3S/c28-31(29,22-14-2-1-3-15-22)30-27(25-18-8-12-20-10-4-6-16-23(20)25)26-19-9-13-21-11-5-7-17-24(21)26/h1-19,27H. The minimum atomic E-state index is -3.99. The molecule has 31 heavy (non-hydrogen) atoms. The second-order valence-corrected chi connectivity index (χ2v) is 8.95. The Morgan fingerprint density at radius 1 is 0.516 bits per heavy atom. The average molecular weight is 425 g/mol. The molecule has 0 atom stereocenters. The monoisotopic (exact) mass is 424 g/mol. The number of hydrogen-bond acceptors (Lipinski definition) is 3. The van der Waals surface area contributed by atoms with Crippen LogP contribution in [0.4, 0.5) is 0 Å². The molecule has 5 aromatic rings. The Balaban J connectivity index is 1.75. The summed E-state index contributed by atoms with van der Waals surface area (Å²) >= 11 is 0. The van der Waals surface area contributed by atoms with Gasteiger partial charge in [-0.2, -0.15) is 8.42 Å². The lowest BCUT2D eigenvalue weighted by Gasteiger charge is -2.22. The Morgan fingerprint density at radius 2 is 0.968 bits per heavy atom. The van der Waals surface area contributed by atoms with Gasteiger partial charge in [-0.15, -0.1) is 0 Å². The first kappa shape index (κ1) is 19.5. The molecule has 0 saturated carbocycles. The van der Waals surface area contributed by atoms with Crippen molar-refractivity contribution in [3.05, 3.63) is 126 Å². The van der Waals surface area contributed by atoms with Gasteiger partial charge in [-0.1, -0.05) is 103 Å². The van der Waals surface area contributed by atoms with Crippen molar-refractivity contribution >= 4 is 31.7 Å². The fraction of sp³-hybridized carbons (Fsp3) is 0.0370. The first-order valence-electron chi connectivity index (χ1n) is 10.1. The van der Waals surface area contributed by atoms with Gasteiger partial charge in [0.2, 0.25) is 0 Å². The lowest BCUT2D eigenvalue weighted by atomic mass is 9.93. The van der Waals surface area contributed by atoms with Gasteiger partial charge < -0.3 is 0 Å². The third kappa shape index (κ3) is 3.72. The highest BCUT2D eigenvalue weighted by Crippen LogP contribution is 2.37. The highest BCUT2D eigenvalue weighted by molar-refractivity contribution is 7.86. The van der Waals surface area contributed by atoms with Crippen molar-refractivity contribution in [1.82, 2.24) is 0 Å². The molecule has 0 N–H and O–H groups in total. The summed E-state index contributed by atoms with van der Waals surface area (Å²) in [4.78, 5) is 0.139.